The van der Waals surface area contributed by atoms with Crippen molar-refractivity contribution in [2.24, 2.45) is 0 Å². The highest BCUT2D eigenvalue weighted by Gasteiger charge is 2.16. The molecule has 1 aliphatic heterocycles. The monoisotopic (exact) mass is 296 g/mol. The van der Waals surface area contributed by atoms with Gasteiger partial charge in [0.25, 0.3) is 0 Å². The second-order valence-corrected chi connectivity index (χ2v) is 4.92. The number of aryl methyl sites for hydroxylation is 1. The molecule has 0 aliphatic carbocycles. The van der Waals surface area contributed by atoms with Crippen LogP contribution in [0.15, 0.2) is 10.5 Å². The van der Waals surface area contributed by atoms with Crippen molar-refractivity contribution in [3.8, 4) is 0 Å². The standard InChI is InChI=1S/C14H20N2O5/c1-10-11(8-12(21-10)14(18)19)9-15-3-2-13(17)16-4-6-20-7-5-16/h8,15H,2-7,9H2,1H3,(H,18,19). The number of hydrogen-bond acceptors (Lipinski definition) is 5. The molecule has 0 bridgehead atoms. The van der Waals surface area contributed by atoms with Gasteiger partial charge in [-0.3, -0.25) is 4.79 Å². The van der Waals surface area contributed by atoms with Crippen LogP contribution >= 0.6 is 0 Å². The first-order chi connectivity index (χ1) is 10.1. The smallest absolute Gasteiger partial charge is 0.371 e. The lowest BCUT2D eigenvalue weighted by atomic mass is 10.2. The number of nitrogens with zero attached hydrogens (tertiary/aromatic N) is 1. The van der Waals surface area contributed by atoms with Gasteiger partial charge in [-0.05, 0) is 13.0 Å². The summed E-state index contributed by atoms with van der Waals surface area (Å²) in [5.41, 5.74) is 0.797. The van der Waals surface area contributed by atoms with Crippen molar-refractivity contribution in [2.45, 2.75) is 19.9 Å². The van der Waals surface area contributed by atoms with Crippen molar-refractivity contribution in [1.82, 2.24) is 10.2 Å². The van der Waals surface area contributed by atoms with Gasteiger partial charge in [-0.2, -0.15) is 0 Å². The number of carboxylic acids is 1. The maximum absolute atomic E-state index is 11.9. The van der Waals surface area contributed by atoms with E-state index in [-0.39, 0.29) is 11.7 Å². The average molecular weight is 296 g/mol. The first-order valence-corrected chi connectivity index (χ1v) is 6.97. The van der Waals surface area contributed by atoms with Crippen LogP contribution in [0.4, 0.5) is 0 Å². The normalized spacial score (nSPS) is 15.2. The van der Waals surface area contributed by atoms with Crippen LogP contribution in [0, 0.1) is 6.92 Å². The van der Waals surface area contributed by atoms with Crippen molar-refractivity contribution >= 4 is 11.9 Å². The molecule has 1 amide bonds. The zero-order valence-electron chi connectivity index (χ0n) is 12.1. The third-order valence-corrected chi connectivity index (χ3v) is 3.43. The summed E-state index contributed by atoms with van der Waals surface area (Å²) in [6, 6.07) is 1.51. The van der Waals surface area contributed by atoms with Gasteiger partial charge in [0, 0.05) is 38.2 Å². The molecule has 1 aliphatic rings. The number of carbonyl (C=O) groups is 2. The van der Waals surface area contributed by atoms with E-state index < -0.39 is 5.97 Å². The molecular weight excluding hydrogens is 276 g/mol. The molecule has 21 heavy (non-hydrogen) atoms. The number of aromatic carboxylic acids is 1. The molecule has 116 valence electrons. The predicted molar refractivity (Wildman–Crippen MR) is 74.1 cm³/mol. The summed E-state index contributed by atoms with van der Waals surface area (Å²) in [6.45, 7) is 5.27. The highest BCUT2D eigenvalue weighted by molar-refractivity contribution is 5.84. The predicted octanol–water partition coefficient (Wildman–Crippen LogP) is 0.625. The van der Waals surface area contributed by atoms with E-state index in [1.807, 2.05) is 0 Å². The number of carbonyl (C=O) groups excluding carboxylic acids is 1. The van der Waals surface area contributed by atoms with Crippen LogP contribution in [-0.2, 0) is 16.1 Å². The lowest BCUT2D eigenvalue weighted by molar-refractivity contribution is -0.135. The number of hydrogen-bond donors (Lipinski definition) is 2. The zero-order chi connectivity index (χ0) is 15.2. The second kappa shape index (κ2) is 7.24. The molecule has 1 fully saturated rings. The number of morpholine rings is 1. The van der Waals surface area contributed by atoms with Gasteiger partial charge in [-0.25, -0.2) is 4.79 Å². The first-order valence-electron chi connectivity index (χ1n) is 6.97. The molecule has 2 rings (SSSR count). The molecule has 1 saturated heterocycles. The Labute approximate surface area is 122 Å². The van der Waals surface area contributed by atoms with Gasteiger partial charge in [0.1, 0.15) is 5.76 Å². The fraction of sp³-hybridized carbons (Fsp3) is 0.571. The summed E-state index contributed by atoms with van der Waals surface area (Å²) < 4.78 is 10.3. The van der Waals surface area contributed by atoms with Crippen molar-refractivity contribution < 1.29 is 23.8 Å². The van der Waals surface area contributed by atoms with Crippen molar-refractivity contribution in [3.05, 3.63) is 23.2 Å². The van der Waals surface area contributed by atoms with Crippen LogP contribution in [0.2, 0.25) is 0 Å². The Morgan fingerprint density at radius 3 is 2.71 bits per heavy atom. The molecule has 0 atom stereocenters. The van der Waals surface area contributed by atoms with Crippen LogP contribution in [0.3, 0.4) is 0 Å². The van der Waals surface area contributed by atoms with Crippen LogP contribution in [0.5, 0.6) is 0 Å². The van der Waals surface area contributed by atoms with Crippen LogP contribution in [-0.4, -0.2) is 54.7 Å². The quantitative estimate of drug-likeness (QED) is 0.748. The molecule has 1 aromatic rings. The molecule has 0 unspecified atom stereocenters. The summed E-state index contributed by atoms with van der Waals surface area (Å²) in [6.07, 6.45) is 0.419. The Morgan fingerprint density at radius 1 is 1.38 bits per heavy atom. The molecule has 2 N–H and O–H groups in total. The summed E-state index contributed by atoms with van der Waals surface area (Å²) in [5.74, 6) is -0.444. The van der Waals surface area contributed by atoms with Gasteiger partial charge in [0.15, 0.2) is 0 Å². The fourth-order valence-corrected chi connectivity index (χ4v) is 2.19. The Bertz CT molecular complexity index is 505. The summed E-state index contributed by atoms with van der Waals surface area (Å²) in [7, 11) is 0. The van der Waals surface area contributed by atoms with Gasteiger partial charge < -0.3 is 24.5 Å². The van der Waals surface area contributed by atoms with E-state index in [9.17, 15) is 9.59 Å². The van der Waals surface area contributed by atoms with E-state index in [1.165, 1.54) is 6.07 Å². The number of nitrogens with one attached hydrogen (secondary N) is 1. The van der Waals surface area contributed by atoms with Gasteiger partial charge in [0.2, 0.25) is 11.7 Å². The van der Waals surface area contributed by atoms with Gasteiger partial charge in [-0.15, -0.1) is 0 Å². The van der Waals surface area contributed by atoms with E-state index in [0.29, 0.717) is 51.6 Å². The maximum atomic E-state index is 11.9. The van der Waals surface area contributed by atoms with E-state index in [4.69, 9.17) is 14.3 Å². The number of furan rings is 1. The molecule has 0 radical (unpaired) electrons. The molecule has 0 saturated carbocycles. The first kappa shape index (κ1) is 15.5. The highest BCUT2D eigenvalue weighted by Crippen LogP contribution is 2.14. The molecular formula is C14H20N2O5. The number of amides is 1. The van der Waals surface area contributed by atoms with Crippen LogP contribution < -0.4 is 5.32 Å². The summed E-state index contributed by atoms with van der Waals surface area (Å²) in [4.78, 5) is 24.5. The van der Waals surface area contributed by atoms with E-state index in [0.717, 1.165) is 5.56 Å². The molecule has 2 heterocycles. The van der Waals surface area contributed by atoms with Crippen molar-refractivity contribution in [2.75, 3.05) is 32.8 Å². The van der Waals surface area contributed by atoms with E-state index in [1.54, 1.807) is 11.8 Å². The molecule has 7 nitrogen and oxygen atoms in total. The summed E-state index contributed by atoms with van der Waals surface area (Å²) in [5, 5.41) is 12.0. The third-order valence-electron chi connectivity index (χ3n) is 3.43. The lowest BCUT2D eigenvalue weighted by Gasteiger charge is -2.26. The van der Waals surface area contributed by atoms with Crippen LogP contribution in [0.1, 0.15) is 28.3 Å². The Balaban J connectivity index is 1.72. The Hall–Kier alpha value is -1.86. The number of ether oxygens (including phenoxy) is 1. The Morgan fingerprint density at radius 2 is 2.10 bits per heavy atom. The SMILES string of the molecule is Cc1oc(C(=O)O)cc1CNCCC(=O)N1CCOCC1. The van der Waals surface area contributed by atoms with Gasteiger partial charge >= 0.3 is 5.97 Å². The van der Waals surface area contributed by atoms with E-state index in [2.05, 4.69) is 5.32 Å². The minimum atomic E-state index is -1.08. The van der Waals surface area contributed by atoms with Crippen molar-refractivity contribution in [3.63, 3.8) is 0 Å². The molecule has 7 heteroatoms. The molecule has 0 aromatic carbocycles. The minimum Gasteiger partial charge on any atom is -0.475 e. The Kier molecular flexibility index (Phi) is 5.35. The fourth-order valence-electron chi connectivity index (χ4n) is 2.19. The highest BCUT2D eigenvalue weighted by atomic mass is 16.5. The largest absolute Gasteiger partial charge is 0.475 e. The maximum Gasteiger partial charge on any atom is 0.371 e. The molecule has 0 spiro atoms. The third kappa shape index (κ3) is 4.30. The number of rotatable bonds is 6. The zero-order valence-corrected chi connectivity index (χ0v) is 12.1. The topological polar surface area (TPSA) is 92.0 Å². The second-order valence-electron chi connectivity index (χ2n) is 4.92. The van der Waals surface area contributed by atoms with Gasteiger partial charge in [0.05, 0.1) is 13.2 Å². The summed E-state index contributed by atoms with van der Waals surface area (Å²) >= 11 is 0. The van der Waals surface area contributed by atoms with Crippen LogP contribution in [0.25, 0.3) is 0 Å². The lowest BCUT2D eigenvalue weighted by Crippen LogP contribution is -2.41. The van der Waals surface area contributed by atoms with E-state index >= 15 is 0 Å². The van der Waals surface area contributed by atoms with Crippen molar-refractivity contribution in [1.29, 1.82) is 0 Å². The average Bonchev–Trinajstić information content (AvgIpc) is 2.86. The molecule has 1 aromatic heterocycles. The minimum absolute atomic E-state index is 0.0614. The number of carboxylic acid groups (broad SMARTS) is 1. The van der Waals surface area contributed by atoms with Gasteiger partial charge in [-0.1, -0.05) is 0 Å².